The molecule has 5 heteroatoms. The lowest BCUT2D eigenvalue weighted by molar-refractivity contribution is -0.122. The van der Waals surface area contributed by atoms with Crippen molar-refractivity contribution in [3.05, 3.63) is 57.8 Å². The second-order valence-corrected chi connectivity index (χ2v) is 6.96. The molecule has 126 valence electrons. The van der Waals surface area contributed by atoms with E-state index in [-0.39, 0.29) is 17.7 Å². The van der Waals surface area contributed by atoms with E-state index < -0.39 is 0 Å². The Labute approximate surface area is 151 Å². The number of carbonyl (C=O) groups excluding carboxylic acids is 2. The number of imide groups is 1. The van der Waals surface area contributed by atoms with Gasteiger partial charge in [0.15, 0.2) is 0 Å². The van der Waals surface area contributed by atoms with Crippen molar-refractivity contribution in [1.29, 1.82) is 0 Å². The van der Waals surface area contributed by atoms with Crippen molar-refractivity contribution in [2.45, 2.75) is 20.8 Å². The van der Waals surface area contributed by atoms with Gasteiger partial charge in [0.05, 0.1) is 11.4 Å². The van der Waals surface area contributed by atoms with Crippen molar-refractivity contribution in [2.24, 2.45) is 0 Å². The summed E-state index contributed by atoms with van der Waals surface area (Å²) in [6.07, 6.45) is 7.00. The van der Waals surface area contributed by atoms with Crippen LogP contribution in [-0.2, 0) is 4.79 Å². The van der Waals surface area contributed by atoms with Crippen LogP contribution >= 0.6 is 11.8 Å². The SMILES string of the molecule is C#CCN1C(=O)SC(=Cc2cc(C)n(-c3ccc(C)cc3)c2C)C1=O. The summed E-state index contributed by atoms with van der Waals surface area (Å²) < 4.78 is 2.14. The van der Waals surface area contributed by atoms with Crippen LogP contribution in [0.25, 0.3) is 11.8 Å². The quantitative estimate of drug-likeness (QED) is 0.619. The molecule has 2 heterocycles. The van der Waals surface area contributed by atoms with Crippen LogP contribution in [0.4, 0.5) is 4.79 Å². The molecule has 0 N–H and O–H groups in total. The summed E-state index contributed by atoms with van der Waals surface area (Å²) in [5.41, 5.74) is 5.28. The molecule has 1 aromatic carbocycles. The number of thioether (sulfide) groups is 1. The summed E-state index contributed by atoms with van der Waals surface area (Å²) in [5, 5.41) is -0.318. The normalized spacial score (nSPS) is 15.9. The number of benzene rings is 1. The van der Waals surface area contributed by atoms with Gasteiger partial charge >= 0.3 is 0 Å². The molecule has 0 aliphatic carbocycles. The van der Waals surface area contributed by atoms with Crippen LogP contribution in [0.2, 0.25) is 0 Å². The third-order valence-corrected chi connectivity index (χ3v) is 5.08. The predicted molar refractivity (Wildman–Crippen MR) is 101 cm³/mol. The minimum Gasteiger partial charge on any atom is -0.318 e. The Morgan fingerprint density at radius 1 is 1.16 bits per heavy atom. The Balaban J connectivity index is 1.99. The molecule has 2 aromatic rings. The number of aromatic nitrogens is 1. The van der Waals surface area contributed by atoms with Gasteiger partial charge in [-0.3, -0.25) is 14.5 Å². The molecular formula is C20H18N2O2S. The first-order chi connectivity index (χ1) is 11.9. The Morgan fingerprint density at radius 2 is 1.84 bits per heavy atom. The molecule has 1 aromatic heterocycles. The lowest BCUT2D eigenvalue weighted by Gasteiger charge is -2.10. The summed E-state index contributed by atoms with van der Waals surface area (Å²) in [6, 6.07) is 10.3. The van der Waals surface area contributed by atoms with Crippen molar-refractivity contribution < 1.29 is 9.59 Å². The minimum absolute atomic E-state index is 0.00436. The average Bonchev–Trinajstić information content (AvgIpc) is 3.00. The van der Waals surface area contributed by atoms with Crippen LogP contribution in [0.3, 0.4) is 0 Å². The van der Waals surface area contributed by atoms with Gasteiger partial charge in [-0.05, 0) is 62.4 Å². The first kappa shape index (κ1) is 17.1. The summed E-state index contributed by atoms with van der Waals surface area (Å²) in [7, 11) is 0. The zero-order chi connectivity index (χ0) is 18.1. The average molecular weight is 350 g/mol. The zero-order valence-corrected chi connectivity index (χ0v) is 15.2. The maximum Gasteiger partial charge on any atom is 0.294 e. The fourth-order valence-corrected chi connectivity index (χ4v) is 3.72. The van der Waals surface area contributed by atoms with Gasteiger partial charge in [0.25, 0.3) is 11.1 Å². The summed E-state index contributed by atoms with van der Waals surface area (Å²) >= 11 is 0.932. The third-order valence-electron chi connectivity index (χ3n) is 4.17. The molecular weight excluding hydrogens is 332 g/mol. The van der Waals surface area contributed by atoms with Gasteiger partial charge in [0.1, 0.15) is 0 Å². The number of nitrogens with zero attached hydrogens (tertiary/aromatic N) is 2. The van der Waals surface area contributed by atoms with E-state index in [0.29, 0.717) is 4.91 Å². The van der Waals surface area contributed by atoms with E-state index in [0.717, 1.165) is 39.3 Å². The van der Waals surface area contributed by atoms with Gasteiger partial charge in [-0.2, -0.15) is 0 Å². The highest BCUT2D eigenvalue weighted by Crippen LogP contribution is 2.33. The molecule has 4 nitrogen and oxygen atoms in total. The van der Waals surface area contributed by atoms with Gasteiger partial charge in [-0.25, -0.2) is 0 Å². The lowest BCUT2D eigenvalue weighted by atomic mass is 10.2. The van der Waals surface area contributed by atoms with Crippen LogP contribution in [-0.4, -0.2) is 27.2 Å². The number of rotatable bonds is 3. The molecule has 1 aliphatic rings. The number of terminal acetylenes is 1. The minimum atomic E-state index is -0.326. The summed E-state index contributed by atoms with van der Waals surface area (Å²) in [5.74, 6) is 2.02. The number of hydrogen-bond donors (Lipinski definition) is 0. The first-order valence-corrected chi connectivity index (χ1v) is 8.69. The maximum absolute atomic E-state index is 12.3. The Hall–Kier alpha value is -2.71. The van der Waals surface area contributed by atoms with Crippen LogP contribution in [0, 0.1) is 33.1 Å². The fraction of sp³-hybridized carbons (Fsp3) is 0.200. The van der Waals surface area contributed by atoms with Crippen molar-refractivity contribution in [2.75, 3.05) is 6.54 Å². The largest absolute Gasteiger partial charge is 0.318 e. The van der Waals surface area contributed by atoms with Gasteiger partial charge in [-0.1, -0.05) is 23.6 Å². The maximum atomic E-state index is 12.3. The Kier molecular flexibility index (Phi) is 4.56. The second-order valence-electron chi connectivity index (χ2n) is 5.97. The molecule has 1 fully saturated rings. The standard InChI is InChI=1S/C20H18N2O2S/c1-5-10-21-19(23)18(25-20(21)24)12-16-11-14(3)22(15(16)4)17-8-6-13(2)7-9-17/h1,6-9,11-12H,10H2,2-4H3. The molecule has 0 atom stereocenters. The van der Waals surface area contributed by atoms with E-state index >= 15 is 0 Å². The van der Waals surface area contributed by atoms with Crippen LogP contribution in [0.5, 0.6) is 0 Å². The van der Waals surface area contributed by atoms with Crippen molar-refractivity contribution >= 4 is 29.0 Å². The van der Waals surface area contributed by atoms with Gasteiger partial charge in [-0.15, -0.1) is 6.42 Å². The van der Waals surface area contributed by atoms with E-state index in [2.05, 4.69) is 41.7 Å². The molecule has 25 heavy (non-hydrogen) atoms. The topological polar surface area (TPSA) is 42.3 Å². The van der Waals surface area contributed by atoms with Crippen molar-refractivity contribution in [1.82, 2.24) is 9.47 Å². The van der Waals surface area contributed by atoms with Gasteiger partial charge in [0, 0.05) is 17.1 Å². The van der Waals surface area contributed by atoms with Gasteiger partial charge in [0.2, 0.25) is 0 Å². The highest BCUT2D eigenvalue weighted by atomic mass is 32.2. The van der Waals surface area contributed by atoms with E-state index in [1.165, 1.54) is 5.56 Å². The monoisotopic (exact) mass is 350 g/mol. The van der Waals surface area contributed by atoms with E-state index in [9.17, 15) is 9.59 Å². The molecule has 0 saturated carbocycles. The summed E-state index contributed by atoms with van der Waals surface area (Å²) in [6.45, 7) is 6.08. The number of hydrogen-bond acceptors (Lipinski definition) is 3. The lowest BCUT2D eigenvalue weighted by Crippen LogP contribution is -2.28. The fourth-order valence-electron chi connectivity index (χ4n) is 2.89. The third kappa shape index (κ3) is 3.13. The molecule has 0 bridgehead atoms. The van der Waals surface area contributed by atoms with Crippen LogP contribution in [0.1, 0.15) is 22.5 Å². The molecule has 2 amide bonds. The van der Waals surface area contributed by atoms with Crippen molar-refractivity contribution in [3.63, 3.8) is 0 Å². The second kappa shape index (κ2) is 6.66. The molecule has 1 saturated heterocycles. The van der Waals surface area contributed by atoms with Gasteiger partial charge < -0.3 is 4.57 Å². The molecule has 0 spiro atoms. The highest BCUT2D eigenvalue weighted by molar-refractivity contribution is 8.18. The zero-order valence-electron chi connectivity index (χ0n) is 14.4. The molecule has 0 radical (unpaired) electrons. The Bertz CT molecular complexity index is 930. The predicted octanol–water partition coefficient (Wildman–Crippen LogP) is 4.07. The molecule has 3 rings (SSSR count). The van der Waals surface area contributed by atoms with Crippen molar-refractivity contribution in [3.8, 4) is 18.0 Å². The smallest absolute Gasteiger partial charge is 0.294 e. The van der Waals surface area contributed by atoms with E-state index in [1.54, 1.807) is 6.08 Å². The van der Waals surface area contributed by atoms with E-state index in [1.807, 2.05) is 19.9 Å². The first-order valence-electron chi connectivity index (χ1n) is 7.87. The van der Waals surface area contributed by atoms with Crippen LogP contribution < -0.4 is 0 Å². The summed E-state index contributed by atoms with van der Waals surface area (Å²) in [4.78, 5) is 25.7. The highest BCUT2D eigenvalue weighted by Gasteiger charge is 2.34. The Morgan fingerprint density at radius 3 is 2.48 bits per heavy atom. The number of carbonyl (C=O) groups is 2. The molecule has 1 aliphatic heterocycles. The van der Waals surface area contributed by atoms with Crippen LogP contribution in [0.15, 0.2) is 35.2 Å². The number of aryl methyl sites for hydroxylation is 2. The number of amides is 2. The van der Waals surface area contributed by atoms with E-state index in [4.69, 9.17) is 6.42 Å². The molecule has 0 unspecified atom stereocenters.